The lowest BCUT2D eigenvalue weighted by Gasteiger charge is -2.08. The van der Waals surface area contributed by atoms with E-state index in [0.717, 1.165) is 6.54 Å². The molecule has 1 aromatic rings. The number of hydrogen-bond acceptors (Lipinski definition) is 3. The molecule has 1 fully saturated rings. The standard InChI is InChI=1S/C10H17N3O/c1-10(2-3-10)11-6-9-7-12-13(8-9)4-5-14/h7-8,11,14H,2-6H2,1H3. The molecule has 0 saturated heterocycles. The molecule has 1 aromatic heterocycles. The molecule has 0 atom stereocenters. The maximum absolute atomic E-state index is 8.72. The summed E-state index contributed by atoms with van der Waals surface area (Å²) in [5.41, 5.74) is 1.56. The molecule has 4 heteroatoms. The Kier molecular flexibility index (Phi) is 2.56. The number of nitrogens with one attached hydrogen (secondary N) is 1. The Hall–Kier alpha value is -0.870. The highest BCUT2D eigenvalue weighted by atomic mass is 16.3. The van der Waals surface area contributed by atoms with Crippen molar-refractivity contribution < 1.29 is 5.11 Å². The van der Waals surface area contributed by atoms with Crippen molar-refractivity contribution in [1.29, 1.82) is 0 Å². The summed E-state index contributed by atoms with van der Waals surface area (Å²) in [4.78, 5) is 0. The van der Waals surface area contributed by atoms with Crippen LogP contribution >= 0.6 is 0 Å². The van der Waals surface area contributed by atoms with Gasteiger partial charge in [-0.15, -0.1) is 0 Å². The van der Waals surface area contributed by atoms with Crippen molar-refractivity contribution >= 4 is 0 Å². The number of aromatic nitrogens is 2. The van der Waals surface area contributed by atoms with Crippen molar-refractivity contribution in [3.8, 4) is 0 Å². The van der Waals surface area contributed by atoms with E-state index >= 15 is 0 Å². The average molecular weight is 195 g/mol. The van der Waals surface area contributed by atoms with Gasteiger partial charge in [-0.05, 0) is 19.8 Å². The molecule has 1 saturated carbocycles. The van der Waals surface area contributed by atoms with E-state index in [1.54, 1.807) is 4.68 Å². The van der Waals surface area contributed by atoms with E-state index in [1.165, 1.54) is 18.4 Å². The maximum atomic E-state index is 8.72. The van der Waals surface area contributed by atoms with E-state index in [1.807, 2.05) is 12.4 Å². The zero-order valence-corrected chi connectivity index (χ0v) is 8.53. The highest BCUT2D eigenvalue weighted by Gasteiger charge is 2.36. The largest absolute Gasteiger partial charge is 0.394 e. The fraction of sp³-hybridized carbons (Fsp3) is 0.700. The van der Waals surface area contributed by atoms with Gasteiger partial charge in [0.25, 0.3) is 0 Å². The monoisotopic (exact) mass is 195 g/mol. The van der Waals surface area contributed by atoms with Crippen molar-refractivity contribution in [2.24, 2.45) is 0 Å². The molecule has 0 unspecified atom stereocenters. The summed E-state index contributed by atoms with van der Waals surface area (Å²) in [5.74, 6) is 0. The van der Waals surface area contributed by atoms with Crippen molar-refractivity contribution in [3.05, 3.63) is 18.0 Å². The summed E-state index contributed by atoms with van der Waals surface area (Å²) in [6.45, 7) is 3.84. The van der Waals surface area contributed by atoms with E-state index < -0.39 is 0 Å². The second-order valence-corrected chi connectivity index (χ2v) is 4.25. The van der Waals surface area contributed by atoms with Crippen LogP contribution in [0, 0.1) is 0 Å². The van der Waals surface area contributed by atoms with E-state index in [2.05, 4.69) is 17.3 Å². The summed E-state index contributed by atoms with van der Waals surface area (Å²) >= 11 is 0. The molecule has 0 aromatic carbocycles. The van der Waals surface area contributed by atoms with Gasteiger partial charge < -0.3 is 10.4 Å². The van der Waals surface area contributed by atoms with Crippen molar-refractivity contribution in [2.45, 2.75) is 38.4 Å². The zero-order valence-electron chi connectivity index (χ0n) is 8.53. The molecule has 2 rings (SSSR count). The Balaban J connectivity index is 1.83. The molecule has 0 aliphatic heterocycles. The molecule has 78 valence electrons. The van der Waals surface area contributed by atoms with Gasteiger partial charge in [0.15, 0.2) is 0 Å². The summed E-state index contributed by atoms with van der Waals surface area (Å²) in [7, 11) is 0. The quantitative estimate of drug-likeness (QED) is 0.720. The van der Waals surface area contributed by atoms with Crippen LogP contribution in [-0.2, 0) is 13.1 Å². The first kappa shape index (κ1) is 9.68. The van der Waals surface area contributed by atoms with Crippen LogP contribution in [0.1, 0.15) is 25.3 Å². The molecule has 0 amide bonds. The van der Waals surface area contributed by atoms with Gasteiger partial charge in [0.2, 0.25) is 0 Å². The normalized spacial score (nSPS) is 18.4. The summed E-state index contributed by atoms with van der Waals surface area (Å²) in [6.07, 6.45) is 6.39. The van der Waals surface area contributed by atoms with Crippen LogP contribution in [0.15, 0.2) is 12.4 Å². The molecule has 0 radical (unpaired) electrons. The second-order valence-electron chi connectivity index (χ2n) is 4.25. The highest BCUT2D eigenvalue weighted by molar-refractivity contribution is 5.06. The number of rotatable bonds is 5. The average Bonchev–Trinajstić information content (AvgIpc) is 2.74. The van der Waals surface area contributed by atoms with Crippen LogP contribution in [0.25, 0.3) is 0 Å². The molecule has 1 aliphatic carbocycles. The van der Waals surface area contributed by atoms with Crippen LogP contribution in [0.2, 0.25) is 0 Å². The fourth-order valence-corrected chi connectivity index (χ4v) is 1.40. The number of nitrogens with zero attached hydrogens (tertiary/aromatic N) is 2. The minimum atomic E-state index is 0.145. The topological polar surface area (TPSA) is 50.1 Å². The van der Waals surface area contributed by atoms with Crippen LogP contribution in [0.3, 0.4) is 0 Å². The first-order valence-electron chi connectivity index (χ1n) is 5.09. The third-order valence-corrected chi connectivity index (χ3v) is 2.74. The van der Waals surface area contributed by atoms with Gasteiger partial charge in [-0.25, -0.2) is 0 Å². The van der Waals surface area contributed by atoms with Crippen LogP contribution in [-0.4, -0.2) is 27.0 Å². The van der Waals surface area contributed by atoms with Crippen molar-refractivity contribution in [1.82, 2.24) is 15.1 Å². The molecular weight excluding hydrogens is 178 g/mol. The lowest BCUT2D eigenvalue weighted by Crippen LogP contribution is -2.26. The minimum Gasteiger partial charge on any atom is -0.394 e. The van der Waals surface area contributed by atoms with Crippen LogP contribution < -0.4 is 5.32 Å². The Morgan fingerprint density at radius 3 is 3.07 bits per heavy atom. The van der Waals surface area contributed by atoms with Gasteiger partial charge >= 0.3 is 0 Å². The van der Waals surface area contributed by atoms with Gasteiger partial charge in [-0.2, -0.15) is 5.10 Å². The Labute approximate surface area is 83.9 Å². The van der Waals surface area contributed by atoms with Gasteiger partial charge in [0.1, 0.15) is 0 Å². The second kappa shape index (κ2) is 3.71. The van der Waals surface area contributed by atoms with Crippen molar-refractivity contribution in [2.75, 3.05) is 6.61 Å². The molecule has 0 bridgehead atoms. The Morgan fingerprint density at radius 1 is 1.64 bits per heavy atom. The molecule has 4 nitrogen and oxygen atoms in total. The minimum absolute atomic E-state index is 0.145. The molecule has 0 spiro atoms. The zero-order chi connectivity index (χ0) is 10.0. The van der Waals surface area contributed by atoms with E-state index in [0.29, 0.717) is 12.1 Å². The van der Waals surface area contributed by atoms with Gasteiger partial charge in [-0.3, -0.25) is 4.68 Å². The molecule has 14 heavy (non-hydrogen) atoms. The summed E-state index contributed by atoms with van der Waals surface area (Å²) in [5, 5.41) is 16.4. The predicted octanol–water partition coefficient (Wildman–Crippen LogP) is 0.517. The first-order chi connectivity index (χ1) is 6.72. The van der Waals surface area contributed by atoms with Crippen LogP contribution in [0.5, 0.6) is 0 Å². The van der Waals surface area contributed by atoms with E-state index in [9.17, 15) is 0 Å². The fourth-order valence-electron chi connectivity index (χ4n) is 1.40. The Morgan fingerprint density at radius 2 is 2.43 bits per heavy atom. The third kappa shape index (κ3) is 2.33. The SMILES string of the molecule is CC1(NCc2cnn(CCO)c2)CC1. The Bertz CT molecular complexity index is 304. The maximum Gasteiger partial charge on any atom is 0.0640 e. The van der Waals surface area contributed by atoms with Crippen molar-refractivity contribution in [3.63, 3.8) is 0 Å². The summed E-state index contributed by atoms with van der Waals surface area (Å²) in [6, 6.07) is 0. The lowest BCUT2D eigenvalue weighted by molar-refractivity contribution is 0.269. The molecule has 2 N–H and O–H groups in total. The third-order valence-electron chi connectivity index (χ3n) is 2.74. The van der Waals surface area contributed by atoms with Crippen LogP contribution in [0.4, 0.5) is 0 Å². The van der Waals surface area contributed by atoms with E-state index in [-0.39, 0.29) is 6.61 Å². The van der Waals surface area contributed by atoms with Gasteiger partial charge in [-0.1, -0.05) is 0 Å². The van der Waals surface area contributed by atoms with Gasteiger partial charge in [0.05, 0.1) is 19.3 Å². The number of hydrogen-bond donors (Lipinski definition) is 2. The molecule has 1 heterocycles. The first-order valence-corrected chi connectivity index (χ1v) is 5.09. The smallest absolute Gasteiger partial charge is 0.0640 e. The highest BCUT2D eigenvalue weighted by Crippen LogP contribution is 2.34. The molecular formula is C10H17N3O. The number of aliphatic hydroxyl groups is 1. The van der Waals surface area contributed by atoms with Gasteiger partial charge in [0, 0.05) is 23.8 Å². The number of aliphatic hydroxyl groups excluding tert-OH is 1. The van der Waals surface area contributed by atoms with E-state index in [4.69, 9.17) is 5.11 Å². The lowest BCUT2D eigenvalue weighted by atomic mass is 10.3. The molecule has 1 aliphatic rings. The summed E-state index contributed by atoms with van der Waals surface area (Å²) < 4.78 is 1.77. The predicted molar refractivity (Wildman–Crippen MR) is 53.8 cm³/mol.